The van der Waals surface area contributed by atoms with Crippen LogP contribution in [-0.2, 0) is 9.53 Å². The zero-order valence-corrected chi connectivity index (χ0v) is 16.1. The van der Waals surface area contributed by atoms with Crippen molar-refractivity contribution in [2.45, 2.75) is 52.0 Å². The fraction of sp³-hybridized carbons (Fsp3) is 0.476. The van der Waals surface area contributed by atoms with E-state index in [1.54, 1.807) is 24.0 Å². The van der Waals surface area contributed by atoms with E-state index in [-0.39, 0.29) is 17.4 Å². The summed E-state index contributed by atoms with van der Waals surface area (Å²) in [5, 5.41) is 0.901. The molecule has 0 bridgehead atoms. The number of H-pyrrole nitrogens is 1. The van der Waals surface area contributed by atoms with Crippen molar-refractivity contribution in [3.05, 3.63) is 45.7 Å². The summed E-state index contributed by atoms with van der Waals surface area (Å²) in [6.07, 6.45) is 2.76. The van der Waals surface area contributed by atoms with E-state index in [0.29, 0.717) is 37.1 Å². The number of hydrogen-bond donors (Lipinski definition) is 1. The number of aromatic nitrogens is 1. The van der Waals surface area contributed by atoms with Crippen molar-refractivity contribution in [2.75, 3.05) is 13.2 Å². The normalized spacial score (nSPS) is 19.4. The Morgan fingerprint density at radius 3 is 2.74 bits per heavy atom. The molecule has 2 aromatic rings. The Labute approximate surface area is 158 Å². The summed E-state index contributed by atoms with van der Waals surface area (Å²) in [6.45, 7) is 6.47. The van der Waals surface area contributed by atoms with Gasteiger partial charge in [0.25, 0.3) is 5.91 Å². The van der Waals surface area contributed by atoms with Crippen molar-refractivity contribution in [1.29, 1.82) is 0 Å². The monoisotopic (exact) mass is 370 g/mol. The Balaban J connectivity index is 2.01. The summed E-state index contributed by atoms with van der Waals surface area (Å²) >= 11 is 0. The van der Waals surface area contributed by atoms with E-state index in [0.717, 1.165) is 23.8 Å². The molecule has 2 heterocycles. The van der Waals surface area contributed by atoms with Gasteiger partial charge in [-0.25, -0.2) is 4.79 Å². The highest BCUT2D eigenvalue weighted by Gasteiger charge is 2.50. The van der Waals surface area contributed by atoms with Gasteiger partial charge in [0.2, 0.25) is 5.56 Å². The van der Waals surface area contributed by atoms with Crippen molar-refractivity contribution in [1.82, 2.24) is 9.88 Å². The van der Waals surface area contributed by atoms with Crippen LogP contribution in [0.3, 0.4) is 0 Å². The fourth-order valence-corrected chi connectivity index (χ4v) is 4.15. The number of amides is 1. The highest BCUT2D eigenvalue weighted by Crippen LogP contribution is 2.36. The van der Waals surface area contributed by atoms with Gasteiger partial charge in [0.15, 0.2) is 0 Å². The number of aromatic amines is 1. The van der Waals surface area contributed by atoms with E-state index in [1.807, 2.05) is 19.9 Å². The number of benzene rings is 1. The van der Waals surface area contributed by atoms with Crippen LogP contribution in [0.5, 0.6) is 0 Å². The topological polar surface area (TPSA) is 79.5 Å². The smallest absolute Gasteiger partial charge is 0.332 e. The molecule has 1 N–H and O–H groups in total. The van der Waals surface area contributed by atoms with Crippen molar-refractivity contribution in [3.63, 3.8) is 0 Å². The van der Waals surface area contributed by atoms with Crippen molar-refractivity contribution < 1.29 is 14.3 Å². The van der Waals surface area contributed by atoms with Crippen molar-refractivity contribution in [3.8, 4) is 0 Å². The van der Waals surface area contributed by atoms with E-state index >= 15 is 0 Å². The number of fused-ring (bicyclic) bond motifs is 1. The molecule has 144 valence electrons. The third-order valence-electron chi connectivity index (χ3n) is 5.35. The molecule has 1 fully saturated rings. The summed E-state index contributed by atoms with van der Waals surface area (Å²) in [7, 11) is 0. The molecule has 1 saturated heterocycles. The van der Waals surface area contributed by atoms with Crippen LogP contribution in [0.25, 0.3) is 10.9 Å². The van der Waals surface area contributed by atoms with E-state index in [2.05, 4.69) is 4.98 Å². The van der Waals surface area contributed by atoms with Gasteiger partial charge in [-0.05, 0) is 50.8 Å². The number of nitrogens with zero attached hydrogens (tertiary/aromatic N) is 1. The van der Waals surface area contributed by atoms with E-state index < -0.39 is 5.54 Å². The lowest BCUT2D eigenvalue weighted by atomic mass is 9.90. The van der Waals surface area contributed by atoms with E-state index in [1.165, 1.54) is 6.07 Å². The van der Waals surface area contributed by atoms with E-state index in [4.69, 9.17) is 4.74 Å². The fourth-order valence-electron chi connectivity index (χ4n) is 4.15. The Morgan fingerprint density at radius 2 is 2.04 bits per heavy atom. The molecule has 6 nitrogen and oxygen atoms in total. The largest absolute Gasteiger partial charge is 0.464 e. The molecule has 1 unspecified atom stereocenters. The minimum atomic E-state index is -0.892. The number of esters is 1. The van der Waals surface area contributed by atoms with Gasteiger partial charge < -0.3 is 14.6 Å². The average Bonchev–Trinajstić information content (AvgIpc) is 3.06. The lowest BCUT2D eigenvalue weighted by molar-refractivity contribution is -0.155. The van der Waals surface area contributed by atoms with Crippen LogP contribution < -0.4 is 5.56 Å². The minimum Gasteiger partial charge on any atom is -0.464 e. The number of ether oxygens (including phenoxy) is 1. The number of nitrogens with one attached hydrogen (secondary N) is 1. The molecule has 0 radical (unpaired) electrons. The maximum Gasteiger partial charge on any atom is 0.332 e. The second-order valence-corrected chi connectivity index (χ2v) is 7.14. The van der Waals surface area contributed by atoms with E-state index in [9.17, 15) is 14.4 Å². The van der Waals surface area contributed by atoms with Crippen LogP contribution in [0.2, 0.25) is 0 Å². The first kappa shape index (κ1) is 19.1. The third-order valence-corrected chi connectivity index (χ3v) is 5.35. The standard InChI is InChI=1S/C21H26N2O4/c1-4-9-21(20(26)27-5-2)10-6-11-23(21)19(25)15-7-8-16-14(3)12-18(24)22-17(16)13-15/h7-8,12-13H,4-6,9-11H2,1-3H3,(H,22,24). The first-order valence-corrected chi connectivity index (χ1v) is 9.56. The molecule has 6 heteroatoms. The summed E-state index contributed by atoms with van der Waals surface area (Å²) < 4.78 is 5.32. The Morgan fingerprint density at radius 1 is 1.26 bits per heavy atom. The van der Waals surface area contributed by atoms with Crippen LogP contribution in [0, 0.1) is 6.92 Å². The zero-order chi connectivity index (χ0) is 19.6. The maximum absolute atomic E-state index is 13.3. The molecule has 0 spiro atoms. The van der Waals surface area contributed by atoms with Crippen LogP contribution in [0.15, 0.2) is 29.1 Å². The Bertz CT molecular complexity index is 933. The molecule has 1 amide bonds. The Kier molecular flexibility index (Phi) is 5.35. The number of aryl methyl sites for hydroxylation is 1. The molecular formula is C21H26N2O4. The van der Waals surface area contributed by atoms with Crippen LogP contribution in [0.1, 0.15) is 55.5 Å². The predicted octanol–water partition coefficient (Wildman–Crippen LogP) is 3.17. The Hall–Kier alpha value is -2.63. The lowest BCUT2D eigenvalue weighted by Gasteiger charge is -2.36. The molecule has 1 aromatic heterocycles. The minimum absolute atomic E-state index is 0.196. The van der Waals surface area contributed by atoms with Crippen LogP contribution in [-0.4, -0.2) is 40.5 Å². The highest BCUT2D eigenvalue weighted by atomic mass is 16.5. The summed E-state index contributed by atoms with van der Waals surface area (Å²) in [6, 6.07) is 6.84. The van der Waals surface area contributed by atoms with Gasteiger partial charge in [-0.1, -0.05) is 19.4 Å². The third kappa shape index (κ3) is 3.36. The average molecular weight is 370 g/mol. The quantitative estimate of drug-likeness (QED) is 0.820. The summed E-state index contributed by atoms with van der Waals surface area (Å²) in [5.41, 5.74) is 0.868. The number of likely N-dealkylation sites (tertiary alicyclic amines) is 1. The van der Waals surface area contributed by atoms with Crippen molar-refractivity contribution >= 4 is 22.8 Å². The first-order valence-electron chi connectivity index (χ1n) is 9.56. The number of carbonyl (C=O) groups excluding carboxylic acids is 2. The van der Waals surface area contributed by atoms with Gasteiger partial charge in [-0.15, -0.1) is 0 Å². The summed E-state index contributed by atoms with van der Waals surface area (Å²) in [5.74, 6) is -0.513. The van der Waals surface area contributed by atoms with Gasteiger partial charge in [0.1, 0.15) is 5.54 Å². The zero-order valence-electron chi connectivity index (χ0n) is 16.1. The molecule has 0 aliphatic carbocycles. The lowest BCUT2D eigenvalue weighted by Crippen LogP contribution is -2.53. The van der Waals surface area contributed by atoms with Gasteiger partial charge in [0, 0.05) is 29.1 Å². The second-order valence-electron chi connectivity index (χ2n) is 7.14. The van der Waals surface area contributed by atoms with Gasteiger partial charge in [-0.3, -0.25) is 9.59 Å². The molecule has 1 atom stereocenters. The number of carbonyl (C=O) groups is 2. The molecule has 1 aliphatic rings. The second kappa shape index (κ2) is 7.55. The van der Waals surface area contributed by atoms with Gasteiger partial charge in [-0.2, -0.15) is 0 Å². The molecule has 1 aromatic carbocycles. The highest BCUT2D eigenvalue weighted by molar-refractivity contribution is 6.01. The summed E-state index contributed by atoms with van der Waals surface area (Å²) in [4.78, 5) is 42.3. The number of pyridine rings is 1. The first-order chi connectivity index (χ1) is 12.9. The predicted molar refractivity (Wildman–Crippen MR) is 104 cm³/mol. The molecule has 3 rings (SSSR count). The van der Waals surface area contributed by atoms with Crippen LogP contribution in [0.4, 0.5) is 0 Å². The molecule has 1 aliphatic heterocycles. The number of hydrogen-bond acceptors (Lipinski definition) is 4. The molecule has 27 heavy (non-hydrogen) atoms. The SMILES string of the molecule is CCCC1(C(=O)OCC)CCCN1C(=O)c1ccc2c(C)cc(=O)[nH]c2c1. The molecule has 0 saturated carbocycles. The van der Waals surface area contributed by atoms with Crippen molar-refractivity contribution in [2.24, 2.45) is 0 Å². The number of rotatable bonds is 5. The molecular weight excluding hydrogens is 344 g/mol. The van der Waals surface area contributed by atoms with Gasteiger partial charge in [0.05, 0.1) is 6.61 Å². The maximum atomic E-state index is 13.3. The van der Waals surface area contributed by atoms with Crippen LogP contribution >= 0.6 is 0 Å². The van der Waals surface area contributed by atoms with Gasteiger partial charge >= 0.3 is 5.97 Å².